The summed E-state index contributed by atoms with van der Waals surface area (Å²) in [4.78, 5) is 30.0. The van der Waals surface area contributed by atoms with Gasteiger partial charge < -0.3 is 14.4 Å². The third-order valence-corrected chi connectivity index (χ3v) is 5.47. The van der Waals surface area contributed by atoms with Gasteiger partial charge in [0.05, 0.1) is 25.5 Å². The maximum absolute atomic E-state index is 12.6. The molecule has 0 saturated carbocycles. The molecule has 2 aliphatic rings. The highest BCUT2D eigenvalue weighted by molar-refractivity contribution is 5.78. The third kappa shape index (κ3) is 4.89. The van der Waals surface area contributed by atoms with E-state index in [1.807, 2.05) is 24.0 Å². The van der Waals surface area contributed by atoms with Crippen molar-refractivity contribution < 1.29 is 14.3 Å². The van der Waals surface area contributed by atoms with Crippen molar-refractivity contribution in [2.75, 3.05) is 45.9 Å². The second-order valence-corrected chi connectivity index (χ2v) is 7.50. The first-order valence-corrected chi connectivity index (χ1v) is 10.2. The predicted octanol–water partition coefficient (Wildman–Crippen LogP) is 2.01. The summed E-state index contributed by atoms with van der Waals surface area (Å²) in [7, 11) is 0. The zero-order chi connectivity index (χ0) is 20.1. The lowest BCUT2D eigenvalue weighted by molar-refractivity contribution is -0.136. The van der Waals surface area contributed by atoms with Gasteiger partial charge in [-0.15, -0.1) is 0 Å². The van der Waals surface area contributed by atoms with Gasteiger partial charge in [-0.25, -0.2) is 4.98 Å². The van der Waals surface area contributed by atoms with E-state index in [1.54, 1.807) is 18.6 Å². The van der Waals surface area contributed by atoms with Gasteiger partial charge in [0.25, 0.3) is 0 Å². The van der Waals surface area contributed by atoms with Crippen molar-refractivity contribution >= 4 is 5.91 Å². The van der Waals surface area contributed by atoms with E-state index < -0.39 is 0 Å². The zero-order valence-corrected chi connectivity index (χ0v) is 16.8. The van der Waals surface area contributed by atoms with Crippen LogP contribution in [-0.2, 0) is 9.53 Å². The number of carbonyl (C=O) groups excluding carboxylic acids is 1. The standard InChI is InChI=1S/C21H27N5O3/c1-16-18(5-2-6-22-16)29-21-20(23-7-8-24-21)17-4-3-9-25(14-17)15-19(27)26-10-12-28-13-11-26/h2,5-8,17H,3-4,9-15H2,1H3/t17-/m1/s1. The Hall–Kier alpha value is -2.58. The number of nitrogens with zero attached hydrogens (tertiary/aromatic N) is 5. The van der Waals surface area contributed by atoms with Gasteiger partial charge in [0.15, 0.2) is 5.75 Å². The molecule has 0 unspecified atom stereocenters. The van der Waals surface area contributed by atoms with Crippen LogP contribution in [0.5, 0.6) is 11.6 Å². The number of aryl methyl sites for hydroxylation is 1. The number of piperidine rings is 1. The molecule has 2 fully saturated rings. The molecule has 4 heterocycles. The van der Waals surface area contributed by atoms with E-state index >= 15 is 0 Å². The number of carbonyl (C=O) groups is 1. The van der Waals surface area contributed by atoms with E-state index in [1.165, 1.54) is 0 Å². The number of pyridine rings is 1. The highest BCUT2D eigenvalue weighted by Gasteiger charge is 2.28. The average molecular weight is 397 g/mol. The Balaban J connectivity index is 1.44. The minimum Gasteiger partial charge on any atom is -0.435 e. The van der Waals surface area contributed by atoms with Crippen LogP contribution in [0, 0.1) is 6.92 Å². The molecule has 2 aliphatic heterocycles. The number of likely N-dealkylation sites (tertiary alicyclic amines) is 1. The molecule has 154 valence electrons. The van der Waals surface area contributed by atoms with E-state index in [2.05, 4.69) is 19.9 Å². The fourth-order valence-corrected chi connectivity index (χ4v) is 3.90. The first-order chi connectivity index (χ1) is 14.2. The SMILES string of the molecule is Cc1ncccc1Oc1nccnc1[C@@H]1CCCN(CC(=O)N2CCOCC2)C1. The quantitative estimate of drug-likeness (QED) is 0.763. The van der Waals surface area contributed by atoms with Gasteiger partial charge in [0.1, 0.15) is 5.69 Å². The molecule has 0 aromatic carbocycles. The predicted molar refractivity (Wildman–Crippen MR) is 107 cm³/mol. The Bertz CT molecular complexity index is 841. The Kier molecular flexibility index (Phi) is 6.31. The molecule has 0 bridgehead atoms. The molecule has 8 nitrogen and oxygen atoms in total. The summed E-state index contributed by atoms with van der Waals surface area (Å²) < 4.78 is 11.4. The van der Waals surface area contributed by atoms with Gasteiger partial charge in [0.2, 0.25) is 11.8 Å². The number of amides is 1. The van der Waals surface area contributed by atoms with E-state index in [-0.39, 0.29) is 11.8 Å². The lowest BCUT2D eigenvalue weighted by atomic mass is 9.94. The summed E-state index contributed by atoms with van der Waals surface area (Å²) in [6.45, 7) is 6.66. The molecule has 29 heavy (non-hydrogen) atoms. The van der Waals surface area contributed by atoms with Crippen molar-refractivity contribution in [1.29, 1.82) is 0 Å². The number of hydrogen-bond acceptors (Lipinski definition) is 7. The van der Waals surface area contributed by atoms with Crippen LogP contribution < -0.4 is 4.74 Å². The summed E-state index contributed by atoms with van der Waals surface area (Å²) in [6.07, 6.45) is 7.11. The smallest absolute Gasteiger partial charge is 0.241 e. The van der Waals surface area contributed by atoms with Gasteiger partial charge in [-0.2, -0.15) is 0 Å². The molecule has 2 saturated heterocycles. The van der Waals surface area contributed by atoms with E-state index in [4.69, 9.17) is 9.47 Å². The first-order valence-electron chi connectivity index (χ1n) is 10.2. The number of ether oxygens (including phenoxy) is 2. The fraction of sp³-hybridized carbons (Fsp3) is 0.524. The minimum atomic E-state index is 0.176. The second kappa shape index (κ2) is 9.28. The van der Waals surface area contributed by atoms with Crippen LogP contribution in [0.25, 0.3) is 0 Å². The van der Waals surface area contributed by atoms with Crippen LogP contribution in [0.1, 0.15) is 30.1 Å². The van der Waals surface area contributed by atoms with E-state index in [0.29, 0.717) is 44.5 Å². The normalized spacial score (nSPS) is 20.4. The van der Waals surface area contributed by atoms with Crippen LogP contribution >= 0.6 is 0 Å². The lowest BCUT2D eigenvalue weighted by Gasteiger charge is -2.34. The Labute approximate surface area is 170 Å². The van der Waals surface area contributed by atoms with Gasteiger partial charge in [-0.3, -0.25) is 19.7 Å². The summed E-state index contributed by atoms with van der Waals surface area (Å²) in [5.41, 5.74) is 1.66. The zero-order valence-electron chi connectivity index (χ0n) is 16.8. The highest BCUT2D eigenvalue weighted by Crippen LogP contribution is 2.33. The Morgan fingerprint density at radius 1 is 1.17 bits per heavy atom. The molecular weight excluding hydrogens is 370 g/mol. The van der Waals surface area contributed by atoms with Crippen molar-refractivity contribution in [2.45, 2.75) is 25.7 Å². The molecular formula is C21H27N5O3. The van der Waals surface area contributed by atoms with Gasteiger partial charge in [-0.05, 0) is 38.4 Å². The van der Waals surface area contributed by atoms with Crippen molar-refractivity contribution in [1.82, 2.24) is 24.8 Å². The maximum atomic E-state index is 12.6. The average Bonchev–Trinajstić information content (AvgIpc) is 2.76. The monoisotopic (exact) mass is 397 g/mol. The molecule has 0 N–H and O–H groups in total. The van der Waals surface area contributed by atoms with Crippen molar-refractivity contribution in [3.63, 3.8) is 0 Å². The van der Waals surface area contributed by atoms with Crippen LogP contribution in [0.3, 0.4) is 0 Å². The molecule has 1 amide bonds. The van der Waals surface area contributed by atoms with Gasteiger partial charge >= 0.3 is 0 Å². The fourth-order valence-electron chi connectivity index (χ4n) is 3.90. The molecule has 4 rings (SSSR count). The van der Waals surface area contributed by atoms with Gasteiger partial charge in [-0.1, -0.05) is 0 Å². The molecule has 0 spiro atoms. The van der Waals surface area contributed by atoms with Crippen LogP contribution in [0.2, 0.25) is 0 Å². The third-order valence-electron chi connectivity index (χ3n) is 5.47. The second-order valence-electron chi connectivity index (χ2n) is 7.50. The van der Waals surface area contributed by atoms with Gasteiger partial charge in [0, 0.05) is 44.1 Å². The number of aromatic nitrogens is 3. The largest absolute Gasteiger partial charge is 0.435 e. The number of rotatable bonds is 5. The van der Waals surface area contributed by atoms with Crippen molar-refractivity contribution in [3.05, 3.63) is 42.1 Å². The minimum absolute atomic E-state index is 0.176. The summed E-state index contributed by atoms with van der Waals surface area (Å²) in [5, 5.41) is 0. The Morgan fingerprint density at radius 2 is 2.00 bits per heavy atom. The summed E-state index contributed by atoms with van der Waals surface area (Å²) >= 11 is 0. The van der Waals surface area contributed by atoms with Crippen LogP contribution in [0.15, 0.2) is 30.7 Å². The molecule has 8 heteroatoms. The molecule has 2 aromatic rings. The van der Waals surface area contributed by atoms with Crippen LogP contribution in [0.4, 0.5) is 0 Å². The molecule has 1 atom stereocenters. The summed E-state index contributed by atoms with van der Waals surface area (Å²) in [6, 6.07) is 3.73. The van der Waals surface area contributed by atoms with E-state index in [0.717, 1.165) is 37.3 Å². The molecule has 0 radical (unpaired) electrons. The Morgan fingerprint density at radius 3 is 2.83 bits per heavy atom. The molecule has 2 aromatic heterocycles. The van der Waals surface area contributed by atoms with Crippen LogP contribution in [-0.4, -0.2) is 76.6 Å². The number of hydrogen-bond donors (Lipinski definition) is 0. The highest BCUT2D eigenvalue weighted by atomic mass is 16.5. The van der Waals surface area contributed by atoms with Crippen molar-refractivity contribution in [3.8, 4) is 11.6 Å². The maximum Gasteiger partial charge on any atom is 0.241 e. The first kappa shape index (κ1) is 19.7. The summed E-state index contributed by atoms with van der Waals surface area (Å²) in [5.74, 6) is 1.57. The number of morpholine rings is 1. The molecule has 0 aliphatic carbocycles. The van der Waals surface area contributed by atoms with Crippen molar-refractivity contribution in [2.24, 2.45) is 0 Å². The van der Waals surface area contributed by atoms with E-state index in [9.17, 15) is 4.79 Å². The lowest BCUT2D eigenvalue weighted by Crippen LogP contribution is -2.47. The topological polar surface area (TPSA) is 80.7 Å².